The van der Waals surface area contributed by atoms with Gasteiger partial charge in [-0.3, -0.25) is 14.4 Å². The molecule has 382 valence electrons. The van der Waals surface area contributed by atoms with Crippen molar-refractivity contribution in [2.24, 2.45) is 29.6 Å². The molecule has 4 fully saturated rings. The van der Waals surface area contributed by atoms with E-state index in [1.165, 1.54) is 21.3 Å². The molecule has 1 aliphatic carbocycles. The van der Waals surface area contributed by atoms with Crippen molar-refractivity contribution in [1.29, 1.82) is 0 Å². The maximum absolute atomic E-state index is 14.5. The summed E-state index contributed by atoms with van der Waals surface area (Å²) in [6.45, 7) is 10.2. The number of ketones is 2. The molecule has 18 heteroatoms. The van der Waals surface area contributed by atoms with Crippen LogP contribution in [-0.4, -0.2) is 174 Å². The fourth-order valence-electron chi connectivity index (χ4n) is 10.9. The summed E-state index contributed by atoms with van der Waals surface area (Å²) in [5.41, 5.74) is 1.51. The summed E-state index contributed by atoms with van der Waals surface area (Å²) in [6, 6.07) is -1.21. The molecular formula is C49H78FNO16. The summed E-state index contributed by atoms with van der Waals surface area (Å²) in [7, 11) is 4.51. The van der Waals surface area contributed by atoms with Crippen molar-refractivity contribution in [2.45, 2.75) is 198 Å². The Balaban J connectivity index is 1.46. The summed E-state index contributed by atoms with van der Waals surface area (Å²) in [5.74, 6) is -8.23. The van der Waals surface area contributed by atoms with Crippen molar-refractivity contribution in [3.05, 3.63) is 23.3 Å². The zero-order chi connectivity index (χ0) is 49.5. The Hall–Kier alpha value is -2.75. The number of esters is 1. The number of hydrogen-bond acceptors (Lipinski definition) is 16. The number of aliphatic hydroxyl groups is 5. The number of rotatable bonds is 9. The SMILES string of the molecule is CC[C@@H]1/C=C(\C)C[C@H](C)C[C@H](OC)[C@H]2O[C@@](O)(C(=O)C(=O)N3CCCC[C@H]3C(=O)O[C@H](/C(C)=C/[C@@H]3CC[C@@H](O[C@H]4O[C@H](CO)[C@H](F)[C@H](O)[C@H]4O)[C@H](OC)C3)[C@H](C)[C@@H](O)CC1=O)[C@H](C)C[C@@H]2OC. The first kappa shape index (κ1) is 55.2. The highest BCUT2D eigenvalue weighted by Crippen LogP contribution is 2.40. The number of aliphatic hydroxyl groups excluding tert-OH is 4. The Bertz CT molecular complexity index is 1750. The van der Waals surface area contributed by atoms with Crippen LogP contribution in [0.25, 0.3) is 0 Å². The fourth-order valence-corrected chi connectivity index (χ4v) is 10.9. The topological polar surface area (TPSA) is 237 Å². The van der Waals surface area contributed by atoms with Gasteiger partial charge in [0.15, 0.2) is 12.5 Å². The monoisotopic (exact) mass is 956 g/mol. The molecule has 1 amide bonds. The maximum atomic E-state index is 14.5. The van der Waals surface area contributed by atoms with Crippen LogP contribution in [0.3, 0.4) is 0 Å². The number of allylic oxidation sites excluding steroid dienone is 3. The number of hydrogen-bond donors (Lipinski definition) is 5. The number of alkyl halides is 1. The highest BCUT2D eigenvalue weighted by atomic mass is 19.1. The Morgan fingerprint density at radius 1 is 0.910 bits per heavy atom. The van der Waals surface area contributed by atoms with Gasteiger partial charge in [0, 0.05) is 52.0 Å². The maximum Gasteiger partial charge on any atom is 0.329 e. The molecule has 1 saturated carbocycles. The molecular weight excluding hydrogens is 878 g/mol. The van der Waals surface area contributed by atoms with Gasteiger partial charge in [-0.05, 0) is 95.5 Å². The lowest BCUT2D eigenvalue weighted by Gasteiger charge is -2.47. The van der Waals surface area contributed by atoms with Gasteiger partial charge in [0.25, 0.3) is 11.7 Å². The van der Waals surface area contributed by atoms with Crippen LogP contribution in [0.15, 0.2) is 23.3 Å². The van der Waals surface area contributed by atoms with Crippen molar-refractivity contribution < 1.29 is 82.3 Å². The molecule has 0 unspecified atom stereocenters. The highest BCUT2D eigenvalue weighted by molar-refractivity contribution is 6.39. The smallest absolute Gasteiger partial charge is 0.329 e. The number of amides is 1. The largest absolute Gasteiger partial charge is 0.456 e. The van der Waals surface area contributed by atoms with Crippen molar-refractivity contribution in [3.8, 4) is 0 Å². The zero-order valence-corrected chi connectivity index (χ0v) is 40.8. The summed E-state index contributed by atoms with van der Waals surface area (Å²) in [5, 5.41) is 54.3. The molecule has 0 spiro atoms. The van der Waals surface area contributed by atoms with Crippen LogP contribution in [-0.2, 0) is 52.3 Å². The summed E-state index contributed by atoms with van der Waals surface area (Å²) in [4.78, 5) is 58.3. The third kappa shape index (κ3) is 12.8. The second kappa shape index (κ2) is 24.4. The van der Waals surface area contributed by atoms with Crippen LogP contribution >= 0.6 is 0 Å². The summed E-state index contributed by atoms with van der Waals surface area (Å²) in [6.07, 6.45) is -6.30. The lowest BCUT2D eigenvalue weighted by atomic mass is 9.81. The van der Waals surface area contributed by atoms with Gasteiger partial charge >= 0.3 is 5.97 Å². The minimum Gasteiger partial charge on any atom is -0.456 e. The normalized spacial score (nSPS) is 43.7. The second-order valence-electron chi connectivity index (χ2n) is 19.9. The van der Waals surface area contributed by atoms with E-state index < -0.39 is 127 Å². The fraction of sp³-hybridized carbons (Fsp3) is 0.837. The zero-order valence-electron chi connectivity index (χ0n) is 40.8. The highest BCUT2D eigenvalue weighted by Gasteiger charge is 2.57. The van der Waals surface area contributed by atoms with E-state index in [0.29, 0.717) is 56.9 Å². The molecule has 2 bridgehead atoms. The minimum atomic E-state index is -2.56. The molecule has 17 nitrogen and oxygen atoms in total. The number of carbonyl (C=O) groups excluding carboxylic acids is 4. The first-order valence-electron chi connectivity index (χ1n) is 24.3. The van der Waals surface area contributed by atoms with Crippen LogP contribution in [0, 0.1) is 29.6 Å². The van der Waals surface area contributed by atoms with E-state index in [1.54, 1.807) is 20.8 Å². The predicted octanol–water partition coefficient (Wildman–Crippen LogP) is 3.27. The Labute approximate surface area is 394 Å². The van der Waals surface area contributed by atoms with Gasteiger partial charge in [0.2, 0.25) is 5.79 Å². The number of piperidine rings is 1. The number of fused-ring (bicyclic) bond motifs is 3. The molecule has 5 rings (SSSR count). The molecule has 0 aromatic heterocycles. The Morgan fingerprint density at radius 3 is 2.22 bits per heavy atom. The van der Waals surface area contributed by atoms with Gasteiger partial charge in [-0.15, -0.1) is 0 Å². The molecule has 67 heavy (non-hydrogen) atoms. The number of methoxy groups -OCH3 is 3. The number of carbonyl (C=O) groups is 4. The lowest BCUT2D eigenvalue weighted by molar-refractivity contribution is -0.312. The molecule has 4 heterocycles. The average Bonchev–Trinajstić information content (AvgIpc) is 3.31. The van der Waals surface area contributed by atoms with Crippen molar-refractivity contribution in [2.75, 3.05) is 34.5 Å². The van der Waals surface area contributed by atoms with Gasteiger partial charge in [-0.1, -0.05) is 45.4 Å². The summed E-state index contributed by atoms with van der Waals surface area (Å²) < 4.78 is 56.1. The standard InChI is InChI=1S/C49H78FNO16/c1-10-31-18-25(2)17-26(3)19-37(62-8)44-38(63-9)21-28(5)49(60,67-44)45(57)46(58)51-16-12-11-13-32(51)47(59)66-43(29(6)33(53)23-34(31)54)27(4)20-30-14-15-35(36(22-30)61-7)64-48-42(56)41(55)40(50)39(24-52)65-48/h18,20,26,28-33,35-44,48,52-53,55-56,60H,10-17,19,21-24H2,1-9H3/b25-18+,27-20+/t26-,28+,29+,30-,31+,32-,33-,35+,36+,37-,38-,39+,40-,41-,42+,43+,44+,48-,49+/m0/s1. The van der Waals surface area contributed by atoms with Crippen LogP contribution in [0.1, 0.15) is 112 Å². The van der Waals surface area contributed by atoms with E-state index in [0.717, 1.165) is 10.5 Å². The number of Topliss-reactive ketones (excluding diaryl/α,β-unsaturated/α-hetero) is 2. The molecule has 0 aromatic rings. The van der Waals surface area contributed by atoms with Gasteiger partial charge in [0.1, 0.15) is 42.3 Å². The van der Waals surface area contributed by atoms with Crippen molar-refractivity contribution >= 4 is 23.4 Å². The van der Waals surface area contributed by atoms with Crippen molar-refractivity contribution in [3.63, 3.8) is 0 Å². The van der Waals surface area contributed by atoms with E-state index >= 15 is 0 Å². The molecule has 3 saturated heterocycles. The van der Waals surface area contributed by atoms with Gasteiger partial charge in [0.05, 0.1) is 37.1 Å². The van der Waals surface area contributed by atoms with Crippen LogP contribution < -0.4 is 0 Å². The molecule has 5 N–H and O–H groups in total. The number of cyclic esters (lactones) is 1. The third-order valence-electron chi connectivity index (χ3n) is 15.0. The molecule has 19 atom stereocenters. The molecule has 5 aliphatic rings. The van der Waals surface area contributed by atoms with Crippen LogP contribution in [0.5, 0.6) is 0 Å². The first-order chi connectivity index (χ1) is 31.7. The first-order valence-corrected chi connectivity index (χ1v) is 24.3. The summed E-state index contributed by atoms with van der Waals surface area (Å²) >= 11 is 0. The number of ether oxygens (including phenoxy) is 7. The minimum absolute atomic E-state index is 0.00747. The average molecular weight is 956 g/mol. The van der Waals surface area contributed by atoms with Crippen LogP contribution in [0.4, 0.5) is 4.39 Å². The third-order valence-corrected chi connectivity index (χ3v) is 15.0. The van der Waals surface area contributed by atoms with E-state index in [4.69, 9.17) is 33.2 Å². The van der Waals surface area contributed by atoms with E-state index in [2.05, 4.69) is 0 Å². The van der Waals surface area contributed by atoms with Crippen LogP contribution in [0.2, 0.25) is 0 Å². The quantitative estimate of drug-likeness (QED) is 0.127. The molecule has 0 radical (unpaired) electrons. The van der Waals surface area contributed by atoms with E-state index in [9.17, 15) is 49.1 Å². The number of halogens is 1. The lowest BCUT2D eigenvalue weighted by Crippen LogP contribution is -2.64. The van der Waals surface area contributed by atoms with E-state index in [-0.39, 0.29) is 43.4 Å². The van der Waals surface area contributed by atoms with Gasteiger partial charge < -0.3 is 63.6 Å². The van der Waals surface area contributed by atoms with Gasteiger partial charge in [-0.2, -0.15) is 0 Å². The van der Waals surface area contributed by atoms with Crippen molar-refractivity contribution in [1.82, 2.24) is 4.90 Å². The van der Waals surface area contributed by atoms with E-state index in [1.807, 2.05) is 32.9 Å². The second-order valence-corrected chi connectivity index (χ2v) is 19.9. The van der Waals surface area contributed by atoms with Gasteiger partial charge in [-0.25, -0.2) is 9.18 Å². The Morgan fingerprint density at radius 2 is 1.58 bits per heavy atom. The Kier molecular flexibility index (Phi) is 20.1. The molecule has 4 aliphatic heterocycles. The molecule has 0 aromatic carbocycles. The predicted molar refractivity (Wildman–Crippen MR) is 240 cm³/mol. The number of nitrogens with zero attached hydrogens (tertiary/aromatic N) is 1.